The van der Waals surface area contributed by atoms with Crippen LogP contribution in [0.2, 0.25) is 0 Å². The first-order valence-corrected chi connectivity index (χ1v) is 6.28. The Morgan fingerprint density at radius 2 is 2.10 bits per heavy atom. The minimum atomic E-state index is -1.58. The van der Waals surface area contributed by atoms with Crippen molar-refractivity contribution in [2.24, 2.45) is 0 Å². The zero-order valence-corrected chi connectivity index (χ0v) is 11.4. The van der Waals surface area contributed by atoms with Gasteiger partial charge in [0.1, 0.15) is 11.2 Å². The van der Waals surface area contributed by atoms with Gasteiger partial charge in [-0.2, -0.15) is 0 Å². The van der Waals surface area contributed by atoms with Crippen LogP contribution in [-0.2, 0) is 0 Å². The molecular weight excluding hydrogens is 330 g/mol. The van der Waals surface area contributed by atoms with E-state index in [1.165, 1.54) is 12.1 Å². The molecule has 3 rings (SSSR count). The SMILES string of the molecule is O=C(O)Oc1c2oc3ccc(Br)cc3nc-2ccc1=O. The molecule has 0 fully saturated rings. The second-order valence-electron chi connectivity index (χ2n) is 3.93. The van der Waals surface area contributed by atoms with E-state index < -0.39 is 11.6 Å². The van der Waals surface area contributed by atoms with Crippen molar-refractivity contribution in [3.63, 3.8) is 0 Å². The smallest absolute Gasteiger partial charge is 0.449 e. The zero-order chi connectivity index (χ0) is 14.3. The first-order valence-electron chi connectivity index (χ1n) is 5.48. The number of rotatable bonds is 1. The second kappa shape index (κ2) is 4.61. The number of halogens is 1. The van der Waals surface area contributed by atoms with Crippen LogP contribution in [0.15, 0.2) is 44.0 Å². The van der Waals surface area contributed by atoms with Crippen molar-refractivity contribution >= 4 is 33.2 Å². The molecule has 0 spiro atoms. The van der Waals surface area contributed by atoms with E-state index >= 15 is 0 Å². The molecule has 0 aromatic heterocycles. The van der Waals surface area contributed by atoms with Crippen LogP contribution in [0.1, 0.15) is 0 Å². The maximum Gasteiger partial charge on any atom is 0.511 e. The van der Waals surface area contributed by atoms with Crippen molar-refractivity contribution in [3.8, 4) is 17.2 Å². The van der Waals surface area contributed by atoms with Gasteiger partial charge in [0, 0.05) is 4.47 Å². The third-order valence-electron chi connectivity index (χ3n) is 2.62. The summed E-state index contributed by atoms with van der Waals surface area (Å²) in [5.41, 5.74) is 0.752. The first-order chi connectivity index (χ1) is 9.54. The number of hydrogen-bond acceptors (Lipinski definition) is 5. The van der Waals surface area contributed by atoms with Crippen molar-refractivity contribution < 1.29 is 19.1 Å². The van der Waals surface area contributed by atoms with E-state index in [-0.39, 0.29) is 11.5 Å². The number of hydrogen-bond donors (Lipinski definition) is 1. The molecule has 1 aliphatic carbocycles. The summed E-state index contributed by atoms with van der Waals surface area (Å²) in [6, 6.07) is 7.80. The summed E-state index contributed by atoms with van der Waals surface area (Å²) >= 11 is 3.32. The van der Waals surface area contributed by atoms with E-state index in [2.05, 4.69) is 25.7 Å². The van der Waals surface area contributed by atoms with E-state index in [1.54, 1.807) is 18.2 Å². The molecule has 6 nitrogen and oxygen atoms in total. The molecule has 2 aliphatic rings. The van der Waals surface area contributed by atoms with Gasteiger partial charge >= 0.3 is 6.16 Å². The Morgan fingerprint density at radius 1 is 1.30 bits per heavy atom. The Bertz CT molecular complexity index is 857. The van der Waals surface area contributed by atoms with Gasteiger partial charge < -0.3 is 14.3 Å². The fourth-order valence-corrected chi connectivity index (χ4v) is 2.16. The van der Waals surface area contributed by atoms with E-state index in [4.69, 9.17) is 9.52 Å². The highest BCUT2D eigenvalue weighted by Gasteiger charge is 2.20. The van der Waals surface area contributed by atoms with Gasteiger partial charge in [-0.05, 0) is 30.3 Å². The number of carboxylic acid groups (broad SMARTS) is 1. The molecule has 100 valence electrons. The third kappa shape index (κ3) is 2.12. The molecule has 0 unspecified atom stereocenters. The highest BCUT2D eigenvalue weighted by Crippen LogP contribution is 2.31. The Balaban J connectivity index is 2.36. The Kier molecular flexibility index (Phi) is 2.90. The Hall–Kier alpha value is -2.41. The lowest BCUT2D eigenvalue weighted by atomic mass is 10.2. The average Bonchev–Trinajstić information content (AvgIpc) is 2.40. The third-order valence-corrected chi connectivity index (χ3v) is 3.11. The van der Waals surface area contributed by atoms with Crippen molar-refractivity contribution in [1.29, 1.82) is 0 Å². The van der Waals surface area contributed by atoms with Crippen LogP contribution in [-0.4, -0.2) is 16.2 Å². The van der Waals surface area contributed by atoms with Gasteiger partial charge in [0.15, 0.2) is 11.3 Å². The molecule has 1 aromatic rings. The van der Waals surface area contributed by atoms with Gasteiger partial charge in [-0.3, -0.25) is 4.79 Å². The van der Waals surface area contributed by atoms with E-state index in [1.807, 2.05) is 0 Å². The van der Waals surface area contributed by atoms with Crippen molar-refractivity contribution in [3.05, 3.63) is 45.0 Å². The van der Waals surface area contributed by atoms with E-state index in [9.17, 15) is 9.59 Å². The highest BCUT2D eigenvalue weighted by atomic mass is 79.9. The zero-order valence-electron chi connectivity index (χ0n) is 9.79. The quantitative estimate of drug-likeness (QED) is 0.417. The molecule has 20 heavy (non-hydrogen) atoms. The maximum atomic E-state index is 11.7. The predicted molar refractivity (Wildman–Crippen MR) is 73.3 cm³/mol. The average molecular weight is 336 g/mol. The molecule has 1 heterocycles. The minimum Gasteiger partial charge on any atom is -0.449 e. The summed E-state index contributed by atoms with van der Waals surface area (Å²) in [7, 11) is 0. The number of benzene rings is 2. The molecule has 0 radical (unpaired) electrons. The fourth-order valence-electron chi connectivity index (χ4n) is 1.81. The van der Waals surface area contributed by atoms with Crippen molar-refractivity contribution in [2.75, 3.05) is 0 Å². The second-order valence-corrected chi connectivity index (χ2v) is 4.85. The minimum absolute atomic E-state index is 0.00900. The van der Waals surface area contributed by atoms with Gasteiger partial charge in [0.05, 0.1) is 0 Å². The summed E-state index contributed by atoms with van der Waals surface area (Å²) in [6.07, 6.45) is -1.58. The topological polar surface area (TPSA) is 89.6 Å². The first kappa shape index (κ1) is 12.6. The molecule has 0 atom stereocenters. The van der Waals surface area contributed by atoms with E-state index in [0.717, 1.165) is 4.47 Å². The normalized spacial score (nSPS) is 10.8. The molecule has 0 saturated carbocycles. The molecule has 1 N–H and O–H groups in total. The van der Waals surface area contributed by atoms with Crippen LogP contribution in [0, 0.1) is 0 Å². The molecule has 7 heteroatoms. The number of ether oxygens (including phenoxy) is 1. The Labute approximate surface area is 120 Å². The van der Waals surface area contributed by atoms with Gasteiger partial charge in [-0.1, -0.05) is 15.9 Å². The van der Waals surface area contributed by atoms with Crippen molar-refractivity contribution in [2.45, 2.75) is 0 Å². The lowest BCUT2D eigenvalue weighted by Gasteiger charge is -2.09. The molecular formula is C13H6BrNO5. The highest BCUT2D eigenvalue weighted by molar-refractivity contribution is 9.10. The van der Waals surface area contributed by atoms with Crippen LogP contribution in [0.25, 0.3) is 22.6 Å². The monoisotopic (exact) mass is 335 g/mol. The van der Waals surface area contributed by atoms with Crippen LogP contribution in [0.3, 0.4) is 0 Å². The maximum absolute atomic E-state index is 11.7. The van der Waals surface area contributed by atoms with Crippen LogP contribution in [0.5, 0.6) is 5.75 Å². The van der Waals surface area contributed by atoms with Crippen LogP contribution in [0.4, 0.5) is 4.79 Å². The summed E-state index contributed by atoms with van der Waals surface area (Å²) in [4.78, 5) is 26.6. The Morgan fingerprint density at radius 3 is 2.85 bits per heavy atom. The summed E-state index contributed by atoms with van der Waals surface area (Å²) < 4.78 is 10.9. The summed E-state index contributed by atoms with van der Waals surface area (Å²) in [5.74, 6) is -0.373. The number of carbonyl (C=O) groups is 1. The largest absolute Gasteiger partial charge is 0.511 e. The van der Waals surface area contributed by atoms with Crippen LogP contribution < -0.4 is 10.2 Å². The van der Waals surface area contributed by atoms with Gasteiger partial charge in [-0.25, -0.2) is 9.78 Å². The summed E-state index contributed by atoms with van der Waals surface area (Å²) in [6.45, 7) is 0. The molecule has 0 saturated heterocycles. The van der Waals surface area contributed by atoms with Gasteiger partial charge in [-0.15, -0.1) is 0 Å². The number of fused-ring (bicyclic) bond motifs is 2. The predicted octanol–water partition coefficient (Wildman–Crippen LogP) is 3.11. The van der Waals surface area contributed by atoms with Crippen LogP contribution >= 0.6 is 15.9 Å². The lowest BCUT2D eigenvalue weighted by molar-refractivity contribution is 0.143. The number of nitrogens with zero attached hydrogens (tertiary/aromatic N) is 1. The molecule has 1 aliphatic heterocycles. The lowest BCUT2D eigenvalue weighted by Crippen LogP contribution is -2.13. The number of aromatic nitrogens is 1. The fraction of sp³-hybridized carbons (Fsp3) is 0. The van der Waals surface area contributed by atoms with Crippen molar-refractivity contribution in [1.82, 2.24) is 4.98 Å². The molecule has 0 bridgehead atoms. The van der Waals surface area contributed by atoms with Gasteiger partial charge in [0.25, 0.3) is 0 Å². The molecule has 1 aromatic carbocycles. The van der Waals surface area contributed by atoms with E-state index in [0.29, 0.717) is 16.8 Å². The standard InChI is InChI=1S/C13H6BrNO5/c14-6-1-4-10-8(5-6)15-7-2-3-9(16)12(11(7)19-10)20-13(17)18/h1-5H,(H,17,18). The van der Waals surface area contributed by atoms with Gasteiger partial charge in [0.2, 0.25) is 11.2 Å². The molecule has 0 amide bonds. The summed E-state index contributed by atoms with van der Waals surface area (Å²) in [5, 5.41) is 8.67.